The Morgan fingerprint density at radius 3 is 2.41 bits per heavy atom. The SMILES string of the molecule is CSc1cccc(NC(=O)N2CCC(N(C(=O)C3CC3)C3CCOCC3)CC2)c1. The lowest BCUT2D eigenvalue weighted by Gasteiger charge is -2.43. The van der Waals surface area contributed by atoms with Gasteiger partial charge in [-0.1, -0.05) is 6.07 Å². The van der Waals surface area contributed by atoms with Gasteiger partial charge in [-0.2, -0.15) is 0 Å². The number of hydrogen-bond donors (Lipinski definition) is 1. The molecule has 3 amide bonds. The first-order valence-electron chi connectivity index (χ1n) is 10.8. The van der Waals surface area contributed by atoms with Crippen molar-refractivity contribution in [1.82, 2.24) is 9.80 Å². The number of carbonyl (C=O) groups excluding carboxylic acids is 2. The van der Waals surface area contributed by atoms with E-state index < -0.39 is 0 Å². The summed E-state index contributed by atoms with van der Waals surface area (Å²) in [6, 6.07) is 8.41. The third-order valence-electron chi connectivity index (χ3n) is 6.23. The molecule has 0 unspecified atom stereocenters. The molecule has 0 atom stereocenters. The van der Waals surface area contributed by atoms with Crippen LogP contribution in [0.2, 0.25) is 0 Å². The van der Waals surface area contributed by atoms with Gasteiger partial charge in [0.1, 0.15) is 0 Å². The van der Waals surface area contributed by atoms with E-state index in [4.69, 9.17) is 4.74 Å². The molecule has 2 saturated heterocycles. The molecule has 0 bridgehead atoms. The monoisotopic (exact) mass is 417 g/mol. The van der Waals surface area contributed by atoms with Gasteiger partial charge in [0.15, 0.2) is 0 Å². The van der Waals surface area contributed by atoms with Gasteiger partial charge in [-0.05, 0) is 63.0 Å². The Kier molecular flexibility index (Phi) is 6.65. The summed E-state index contributed by atoms with van der Waals surface area (Å²) in [5, 5.41) is 3.02. The van der Waals surface area contributed by atoms with Crippen molar-refractivity contribution < 1.29 is 14.3 Å². The number of nitrogens with zero attached hydrogens (tertiary/aromatic N) is 2. The van der Waals surface area contributed by atoms with Crippen molar-refractivity contribution in [3.05, 3.63) is 24.3 Å². The summed E-state index contributed by atoms with van der Waals surface area (Å²) in [6.45, 7) is 2.87. The summed E-state index contributed by atoms with van der Waals surface area (Å²) >= 11 is 1.66. The molecule has 2 heterocycles. The number of anilines is 1. The van der Waals surface area contributed by atoms with Crippen molar-refractivity contribution in [2.75, 3.05) is 37.9 Å². The van der Waals surface area contributed by atoms with E-state index in [0.29, 0.717) is 25.0 Å². The zero-order chi connectivity index (χ0) is 20.2. The average Bonchev–Trinajstić information content (AvgIpc) is 3.61. The number of nitrogens with one attached hydrogen (secondary N) is 1. The van der Waals surface area contributed by atoms with Gasteiger partial charge in [0, 0.05) is 54.9 Å². The summed E-state index contributed by atoms with van der Waals surface area (Å²) in [7, 11) is 0. The van der Waals surface area contributed by atoms with Crippen molar-refractivity contribution in [2.45, 2.75) is 55.5 Å². The van der Waals surface area contributed by atoms with Gasteiger partial charge >= 0.3 is 6.03 Å². The quantitative estimate of drug-likeness (QED) is 0.740. The Hall–Kier alpha value is -1.73. The molecule has 1 aliphatic carbocycles. The molecular weight excluding hydrogens is 386 g/mol. The fourth-order valence-electron chi connectivity index (χ4n) is 4.41. The van der Waals surface area contributed by atoms with Crippen molar-refractivity contribution in [2.24, 2.45) is 5.92 Å². The lowest BCUT2D eigenvalue weighted by Crippen LogP contribution is -2.54. The molecule has 158 valence electrons. The highest BCUT2D eigenvalue weighted by atomic mass is 32.2. The van der Waals surface area contributed by atoms with Crippen molar-refractivity contribution >= 4 is 29.4 Å². The number of likely N-dealkylation sites (tertiary alicyclic amines) is 1. The summed E-state index contributed by atoms with van der Waals surface area (Å²) in [4.78, 5) is 30.9. The van der Waals surface area contributed by atoms with Crippen LogP contribution in [-0.2, 0) is 9.53 Å². The molecule has 1 aromatic carbocycles. The predicted molar refractivity (Wildman–Crippen MR) is 115 cm³/mol. The van der Waals surface area contributed by atoms with Crippen LogP contribution in [0.1, 0.15) is 38.5 Å². The van der Waals surface area contributed by atoms with Gasteiger partial charge in [0.2, 0.25) is 5.91 Å². The van der Waals surface area contributed by atoms with E-state index in [2.05, 4.69) is 10.2 Å². The van der Waals surface area contributed by atoms with Crippen LogP contribution >= 0.6 is 11.8 Å². The van der Waals surface area contributed by atoms with Crippen LogP contribution in [0.3, 0.4) is 0 Å². The lowest BCUT2D eigenvalue weighted by molar-refractivity contribution is -0.141. The highest BCUT2D eigenvalue weighted by Crippen LogP contribution is 2.35. The minimum atomic E-state index is -0.0483. The molecule has 3 fully saturated rings. The first-order valence-corrected chi connectivity index (χ1v) is 12.0. The Morgan fingerprint density at radius 1 is 1.07 bits per heavy atom. The summed E-state index contributed by atoms with van der Waals surface area (Å²) in [6.07, 6.45) is 7.68. The van der Waals surface area contributed by atoms with Gasteiger partial charge in [-0.15, -0.1) is 11.8 Å². The molecule has 1 aromatic rings. The maximum absolute atomic E-state index is 13.0. The maximum Gasteiger partial charge on any atom is 0.321 e. The normalized spacial score (nSPS) is 21.1. The van der Waals surface area contributed by atoms with E-state index in [-0.39, 0.29) is 18.0 Å². The Morgan fingerprint density at radius 2 is 1.76 bits per heavy atom. The second kappa shape index (κ2) is 9.39. The fraction of sp³-hybridized carbons (Fsp3) is 0.636. The molecule has 1 saturated carbocycles. The number of rotatable bonds is 5. The van der Waals surface area contributed by atoms with E-state index in [1.165, 1.54) is 0 Å². The van der Waals surface area contributed by atoms with Gasteiger partial charge in [0.25, 0.3) is 0 Å². The Balaban J connectivity index is 1.35. The molecular formula is C22H31N3O3S. The number of hydrogen-bond acceptors (Lipinski definition) is 4. The minimum absolute atomic E-state index is 0.0483. The predicted octanol–water partition coefficient (Wildman–Crippen LogP) is 3.82. The van der Waals surface area contributed by atoms with Crippen LogP contribution in [0.5, 0.6) is 0 Å². The van der Waals surface area contributed by atoms with Crippen LogP contribution in [0.25, 0.3) is 0 Å². The number of benzene rings is 1. The van der Waals surface area contributed by atoms with Crippen LogP contribution in [0.4, 0.5) is 10.5 Å². The number of urea groups is 1. The Labute approximate surface area is 177 Å². The molecule has 4 rings (SSSR count). The smallest absolute Gasteiger partial charge is 0.321 e. The zero-order valence-electron chi connectivity index (χ0n) is 17.1. The maximum atomic E-state index is 13.0. The van der Waals surface area contributed by atoms with E-state index in [9.17, 15) is 9.59 Å². The fourth-order valence-corrected chi connectivity index (χ4v) is 4.87. The minimum Gasteiger partial charge on any atom is -0.381 e. The van der Waals surface area contributed by atoms with E-state index in [1.807, 2.05) is 35.4 Å². The summed E-state index contributed by atoms with van der Waals surface area (Å²) < 4.78 is 5.51. The molecule has 1 N–H and O–H groups in total. The van der Waals surface area contributed by atoms with Gasteiger partial charge in [-0.25, -0.2) is 4.79 Å². The van der Waals surface area contributed by atoms with E-state index >= 15 is 0 Å². The Bertz CT molecular complexity index is 726. The number of thioether (sulfide) groups is 1. The van der Waals surface area contributed by atoms with Crippen molar-refractivity contribution in [3.8, 4) is 0 Å². The topological polar surface area (TPSA) is 61.9 Å². The molecule has 29 heavy (non-hydrogen) atoms. The van der Waals surface area contributed by atoms with Crippen molar-refractivity contribution in [3.63, 3.8) is 0 Å². The molecule has 0 aromatic heterocycles. The first kappa shape index (κ1) is 20.5. The second-order valence-corrected chi connectivity index (χ2v) is 9.12. The summed E-state index contributed by atoms with van der Waals surface area (Å²) in [5.74, 6) is 0.580. The highest BCUT2D eigenvalue weighted by Gasteiger charge is 2.41. The average molecular weight is 418 g/mol. The highest BCUT2D eigenvalue weighted by molar-refractivity contribution is 7.98. The van der Waals surface area contributed by atoms with Crippen molar-refractivity contribution in [1.29, 1.82) is 0 Å². The number of ether oxygens (including phenoxy) is 1. The van der Waals surface area contributed by atoms with Crippen LogP contribution in [0, 0.1) is 5.92 Å². The van der Waals surface area contributed by atoms with Gasteiger partial charge in [-0.3, -0.25) is 4.79 Å². The molecule has 0 radical (unpaired) electrons. The standard InChI is InChI=1S/C22H31N3O3S/c1-29-20-4-2-3-17(15-20)23-22(27)24-11-7-18(8-12-24)25(21(26)16-5-6-16)19-9-13-28-14-10-19/h2-4,15-16,18-19H,5-14H2,1H3,(H,23,27). The third-order valence-corrected chi connectivity index (χ3v) is 6.96. The largest absolute Gasteiger partial charge is 0.381 e. The van der Waals surface area contributed by atoms with Crippen LogP contribution in [-0.4, -0.2) is 66.4 Å². The first-order chi connectivity index (χ1) is 14.2. The molecule has 6 nitrogen and oxygen atoms in total. The van der Waals surface area contributed by atoms with E-state index in [0.717, 1.165) is 62.3 Å². The lowest BCUT2D eigenvalue weighted by atomic mass is 9.97. The molecule has 2 aliphatic heterocycles. The van der Waals surface area contributed by atoms with E-state index in [1.54, 1.807) is 11.8 Å². The number of piperidine rings is 1. The number of carbonyl (C=O) groups is 2. The third kappa shape index (κ3) is 5.07. The van der Waals surface area contributed by atoms with Gasteiger partial charge in [0.05, 0.1) is 0 Å². The zero-order valence-corrected chi connectivity index (χ0v) is 18.0. The second-order valence-electron chi connectivity index (χ2n) is 8.24. The van der Waals surface area contributed by atoms with Gasteiger partial charge < -0.3 is 19.9 Å². The molecule has 3 aliphatic rings. The molecule has 0 spiro atoms. The number of amides is 3. The van der Waals surface area contributed by atoms with Crippen LogP contribution in [0.15, 0.2) is 29.2 Å². The van der Waals surface area contributed by atoms with Crippen LogP contribution < -0.4 is 5.32 Å². The summed E-state index contributed by atoms with van der Waals surface area (Å²) in [5.41, 5.74) is 0.830. The molecule has 7 heteroatoms.